The molecule has 1 N–H and O–H groups in total. The number of fused-ring (bicyclic) bond motifs is 1. The Hall–Kier alpha value is -4.69. The van der Waals surface area contributed by atoms with E-state index in [0.717, 1.165) is 16.3 Å². The number of amides is 1. The highest BCUT2D eigenvalue weighted by Gasteiger charge is 2.47. The largest absolute Gasteiger partial charge is 0.507 e. The molecule has 1 atom stereocenters. The molecule has 1 aliphatic heterocycles. The van der Waals surface area contributed by atoms with Crippen molar-refractivity contribution in [2.75, 3.05) is 4.90 Å². The molecule has 34 heavy (non-hydrogen) atoms. The van der Waals surface area contributed by atoms with Gasteiger partial charge in [0.2, 0.25) is 0 Å². The van der Waals surface area contributed by atoms with Gasteiger partial charge in [-0.25, -0.2) is 0 Å². The highest BCUT2D eigenvalue weighted by atomic mass is 16.3. The summed E-state index contributed by atoms with van der Waals surface area (Å²) >= 11 is 0. The number of anilines is 1. The standard InChI is InChI=1S/C29H20N2O3/c1-18-6-4-9-21(16-18)26-25(27(32)24-11-5-8-20-7-2-3-10-23(20)24)28(33)29(34)31(26)22-14-12-19(17-30)13-15-22/h2-16,26,32H,1H3/b27-25-. The summed E-state index contributed by atoms with van der Waals surface area (Å²) in [5.41, 5.74) is 3.14. The number of hydrogen-bond acceptors (Lipinski definition) is 4. The second kappa shape index (κ2) is 8.34. The third-order valence-electron chi connectivity index (χ3n) is 6.12. The molecule has 0 aromatic heterocycles. The average molecular weight is 444 g/mol. The fourth-order valence-electron chi connectivity index (χ4n) is 4.53. The Morgan fingerprint density at radius 1 is 0.912 bits per heavy atom. The van der Waals surface area contributed by atoms with Crippen molar-refractivity contribution < 1.29 is 14.7 Å². The van der Waals surface area contributed by atoms with Gasteiger partial charge in [-0.15, -0.1) is 0 Å². The highest BCUT2D eigenvalue weighted by Crippen LogP contribution is 2.43. The number of nitrogens with zero attached hydrogens (tertiary/aromatic N) is 2. The summed E-state index contributed by atoms with van der Waals surface area (Å²) < 4.78 is 0. The number of aliphatic hydroxyl groups excluding tert-OH is 1. The van der Waals surface area contributed by atoms with E-state index in [9.17, 15) is 14.7 Å². The van der Waals surface area contributed by atoms with Gasteiger partial charge in [0.25, 0.3) is 11.7 Å². The molecular formula is C29H20N2O3. The number of rotatable bonds is 3. The van der Waals surface area contributed by atoms with Gasteiger partial charge < -0.3 is 5.11 Å². The lowest BCUT2D eigenvalue weighted by atomic mass is 9.92. The second-order valence-electron chi connectivity index (χ2n) is 8.27. The summed E-state index contributed by atoms with van der Waals surface area (Å²) in [6.45, 7) is 1.93. The molecule has 5 nitrogen and oxygen atoms in total. The minimum absolute atomic E-state index is 0.0383. The fourth-order valence-corrected chi connectivity index (χ4v) is 4.53. The number of aliphatic hydroxyl groups is 1. The predicted molar refractivity (Wildman–Crippen MR) is 131 cm³/mol. The maximum atomic E-state index is 13.4. The molecule has 1 fully saturated rings. The first-order valence-corrected chi connectivity index (χ1v) is 10.9. The van der Waals surface area contributed by atoms with Crippen LogP contribution >= 0.6 is 0 Å². The predicted octanol–water partition coefficient (Wildman–Crippen LogP) is 5.65. The molecule has 164 valence electrons. The van der Waals surface area contributed by atoms with Crippen LogP contribution in [-0.2, 0) is 9.59 Å². The zero-order chi connectivity index (χ0) is 23.8. The van der Waals surface area contributed by atoms with Gasteiger partial charge in [0.15, 0.2) is 0 Å². The maximum absolute atomic E-state index is 13.4. The Morgan fingerprint density at radius 2 is 1.62 bits per heavy atom. The summed E-state index contributed by atoms with van der Waals surface area (Å²) in [4.78, 5) is 28.1. The van der Waals surface area contributed by atoms with E-state index >= 15 is 0 Å². The molecule has 4 aromatic carbocycles. The fraction of sp³-hybridized carbons (Fsp3) is 0.0690. The summed E-state index contributed by atoms with van der Waals surface area (Å²) in [5, 5.41) is 22.3. The first kappa shape index (κ1) is 21.2. The van der Waals surface area contributed by atoms with Gasteiger partial charge in [0.1, 0.15) is 5.76 Å². The highest BCUT2D eigenvalue weighted by molar-refractivity contribution is 6.51. The summed E-state index contributed by atoms with van der Waals surface area (Å²) in [6.07, 6.45) is 0. The van der Waals surface area contributed by atoms with Crippen molar-refractivity contribution in [3.63, 3.8) is 0 Å². The third kappa shape index (κ3) is 3.42. The molecular weight excluding hydrogens is 424 g/mol. The first-order chi connectivity index (χ1) is 16.5. The minimum atomic E-state index is -0.813. The normalized spacial score (nSPS) is 17.2. The van der Waals surface area contributed by atoms with Crippen LogP contribution in [0.3, 0.4) is 0 Å². The van der Waals surface area contributed by atoms with Gasteiger partial charge in [-0.1, -0.05) is 72.3 Å². The van der Waals surface area contributed by atoms with Crippen LogP contribution in [0.5, 0.6) is 0 Å². The molecule has 5 heteroatoms. The van der Waals surface area contributed by atoms with Crippen LogP contribution in [-0.4, -0.2) is 16.8 Å². The molecule has 1 amide bonds. The lowest BCUT2D eigenvalue weighted by Crippen LogP contribution is -2.29. The summed E-state index contributed by atoms with van der Waals surface area (Å²) in [5.74, 6) is -1.68. The van der Waals surface area contributed by atoms with E-state index in [1.807, 2.05) is 67.6 Å². The number of nitriles is 1. The van der Waals surface area contributed by atoms with Gasteiger partial charge >= 0.3 is 0 Å². The van der Waals surface area contributed by atoms with Crippen LogP contribution in [0.2, 0.25) is 0 Å². The molecule has 4 aromatic rings. The van der Waals surface area contributed by atoms with E-state index in [-0.39, 0.29) is 11.3 Å². The van der Waals surface area contributed by atoms with Crippen molar-refractivity contribution >= 4 is 33.9 Å². The van der Waals surface area contributed by atoms with Crippen molar-refractivity contribution in [1.29, 1.82) is 5.26 Å². The number of carbonyl (C=O) groups is 2. The van der Waals surface area contributed by atoms with Crippen molar-refractivity contribution in [2.45, 2.75) is 13.0 Å². The monoisotopic (exact) mass is 444 g/mol. The number of ketones is 1. The lowest BCUT2D eigenvalue weighted by molar-refractivity contribution is -0.132. The van der Waals surface area contributed by atoms with Crippen LogP contribution in [0.4, 0.5) is 5.69 Å². The Labute approximate surface area is 196 Å². The van der Waals surface area contributed by atoms with Gasteiger partial charge in [0, 0.05) is 11.3 Å². The zero-order valence-electron chi connectivity index (χ0n) is 18.4. The third-order valence-corrected chi connectivity index (χ3v) is 6.12. The van der Waals surface area contributed by atoms with Crippen LogP contribution in [0.25, 0.3) is 16.5 Å². The SMILES string of the molecule is Cc1cccc(C2/C(=C(/O)c3cccc4ccccc34)C(=O)C(=O)N2c2ccc(C#N)cc2)c1. The number of benzene rings is 4. The molecule has 0 aliphatic carbocycles. The second-order valence-corrected chi connectivity index (χ2v) is 8.27. The Kier molecular flexibility index (Phi) is 5.19. The summed E-state index contributed by atoms with van der Waals surface area (Å²) in [6, 6.07) is 28.4. The van der Waals surface area contributed by atoms with Gasteiger partial charge in [-0.2, -0.15) is 5.26 Å². The van der Waals surface area contributed by atoms with Crippen LogP contribution in [0.1, 0.15) is 28.3 Å². The Morgan fingerprint density at radius 3 is 2.35 bits per heavy atom. The van der Waals surface area contributed by atoms with Crippen molar-refractivity contribution in [3.05, 3.63) is 119 Å². The Balaban J connectivity index is 1.77. The lowest BCUT2D eigenvalue weighted by Gasteiger charge is -2.26. The molecule has 5 rings (SSSR count). The first-order valence-electron chi connectivity index (χ1n) is 10.9. The maximum Gasteiger partial charge on any atom is 0.300 e. The topological polar surface area (TPSA) is 81.4 Å². The molecule has 0 spiro atoms. The van der Waals surface area contributed by atoms with Crippen molar-refractivity contribution in [2.24, 2.45) is 0 Å². The van der Waals surface area contributed by atoms with Gasteiger partial charge in [0.05, 0.1) is 23.2 Å². The smallest absolute Gasteiger partial charge is 0.300 e. The molecule has 0 bridgehead atoms. The molecule has 0 radical (unpaired) electrons. The van der Waals surface area contributed by atoms with Gasteiger partial charge in [-0.05, 0) is 47.5 Å². The molecule has 1 unspecified atom stereocenters. The number of hydrogen-bond donors (Lipinski definition) is 1. The molecule has 1 saturated heterocycles. The van der Waals surface area contributed by atoms with Crippen molar-refractivity contribution in [1.82, 2.24) is 0 Å². The zero-order valence-corrected chi connectivity index (χ0v) is 18.4. The quantitative estimate of drug-likeness (QED) is 0.252. The van der Waals surface area contributed by atoms with E-state index in [0.29, 0.717) is 22.4 Å². The molecule has 0 saturated carbocycles. The Bertz CT molecular complexity index is 1520. The van der Waals surface area contributed by atoms with E-state index in [4.69, 9.17) is 5.26 Å². The van der Waals surface area contributed by atoms with Gasteiger partial charge in [-0.3, -0.25) is 14.5 Å². The minimum Gasteiger partial charge on any atom is -0.507 e. The van der Waals surface area contributed by atoms with E-state index in [2.05, 4.69) is 6.07 Å². The van der Waals surface area contributed by atoms with Crippen molar-refractivity contribution in [3.8, 4) is 6.07 Å². The van der Waals surface area contributed by atoms with Crippen LogP contribution < -0.4 is 4.90 Å². The number of Topliss-reactive ketones (excluding diaryl/α,β-unsaturated/α-hetero) is 1. The average Bonchev–Trinajstić information content (AvgIpc) is 3.13. The number of carbonyl (C=O) groups excluding carboxylic acids is 2. The molecule has 1 heterocycles. The van der Waals surface area contributed by atoms with Crippen LogP contribution in [0.15, 0.2) is 96.6 Å². The van der Waals surface area contributed by atoms with E-state index in [1.165, 1.54) is 4.90 Å². The molecule has 1 aliphatic rings. The van der Waals surface area contributed by atoms with E-state index < -0.39 is 17.7 Å². The summed E-state index contributed by atoms with van der Waals surface area (Å²) in [7, 11) is 0. The number of aryl methyl sites for hydroxylation is 1. The van der Waals surface area contributed by atoms with E-state index in [1.54, 1.807) is 30.3 Å². The van der Waals surface area contributed by atoms with Crippen LogP contribution in [0, 0.1) is 18.3 Å².